The zero-order chi connectivity index (χ0) is 14.8. The molecule has 1 aliphatic rings. The van der Waals surface area contributed by atoms with Gasteiger partial charge in [0.05, 0.1) is 19.1 Å². The molecule has 7 heteroatoms. The van der Waals surface area contributed by atoms with Crippen molar-refractivity contribution in [2.75, 3.05) is 19.7 Å². The molecule has 2 aromatic heterocycles. The monoisotopic (exact) mass is 307 g/mol. The Kier molecular flexibility index (Phi) is 4.03. The Morgan fingerprint density at radius 2 is 2.38 bits per heavy atom. The van der Waals surface area contributed by atoms with E-state index in [1.54, 1.807) is 18.3 Å². The third-order valence-corrected chi connectivity index (χ3v) is 4.31. The van der Waals surface area contributed by atoms with Crippen LogP contribution in [0.2, 0.25) is 0 Å². The van der Waals surface area contributed by atoms with Crippen LogP contribution in [0.1, 0.15) is 36.3 Å². The SMILES string of the molecule is Cc1nnc([C@@H]2CN(C(=O)[C@H](C)c3ccsc3)CCO2)o1. The molecule has 0 bridgehead atoms. The third-order valence-electron chi connectivity index (χ3n) is 3.61. The molecule has 0 aliphatic carbocycles. The van der Waals surface area contributed by atoms with E-state index >= 15 is 0 Å². The van der Waals surface area contributed by atoms with Crippen LogP contribution in [0.4, 0.5) is 0 Å². The number of ether oxygens (including phenoxy) is 1. The number of carbonyl (C=O) groups is 1. The summed E-state index contributed by atoms with van der Waals surface area (Å²) in [5, 5.41) is 11.8. The molecule has 0 saturated carbocycles. The molecule has 1 saturated heterocycles. The first-order chi connectivity index (χ1) is 10.1. The fourth-order valence-electron chi connectivity index (χ4n) is 2.38. The molecule has 2 aromatic rings. The zero-order valence-electron chi connectivity index (χ0n) is 12.0. The molecule has 0 spiro atoms. The van der Waals surface area contributed by atoms with Gasteiger partial charge in [-0.25, -0.2) is 0 Å². The minimum atomic E-state index is -0.335. The number of aryl methyl sites for hydroxylation is 1. The fourth-order valence-corrected chi connectivity index (χ4v) is 3.13. The van der Waals surface area contributed by atoms with Gasteiger partial charge >= 0.3 is 0 Å². The van der Waals surface area contributed by atoms with E-state index in [9.17, 15) is 4.79 Å². The molecule has 0 aromatic carbocycles. The van der Waals surface area contributed by atoms with E-state index in [-0.39, 0.29) is 17.9 Å². The predicted octanol–water partition coefficient (Wildman–Crippen LogP) is 2.14. The van der Waals surface area contributed by atoms with Crippen molar-refractivity contribution >= 4 is 17.2 Å². The number of nitrogens with zero attached hydrogens (tertiary/aromatic N) is 3. The second-order valence-electron chi connectivity index (χ2n) is 5.08. The van der Waals surface area contributed by atoms with Crippen LogP contribution >= 0.6 is 11.3 Å². The largest absolute Gasteiger partial charge is 0.423 e. The van der Waals surface area contributed by atoms with E-state index in [2.05, 4.69) is 10.2 Å². The van der Waals surface area contributed by atoms with E-state index in [1.165, 1.54) is 0 Å². The summed E-state index contributed by atoms with van der Waals surface area (Å²) in [5.41, 5.74) is 1.06. The summed E-state index contributed by atoms with van der Waals surface area (Å²) in [6.07, 6.45) is -0.335. The average Bonchev–Trinajstić information content (AvgIpc) is 3.17. The second-order valence-corrected chi connectivity index (χ2v) is 5.86. The van der Waals surface area contributed by atoms with Gasteiger partial charge in [-0.3, -0.25) is 4.79 Å². The molecule has 1 fully saturated rings. The molecule has 0 N–H and O–H groups in total. The van der Waals surface area contributed by atoms with Gasteiger partial charge in [0.15, 0.2) is 6.10 Å². The molecule has 1 aliphatic heterocycles. The van der Waals surface area contributed by atoms with Gasteiger partial charge in [-0.1, -0.05) is 0 Å². The van der Waals surface area contributed by atoms with Crippen LogP contribution in [-0.2, 0) is 9.53 Å². The van der Waals surface area contributed by atoms with E-state index in [4.69, 9.17) is 9.15 Å². The topological polar surface area (TPSA) is 68.5 Å². The van der Waals surface area contributed by atoms with Crippen LogP contribution in [0, 0.1) is 6.92 Å². The van der Waals surface area contributed by atoms with Crippen LogP contribution in [0.3, 0.4) is 0 Å². The Morgan fingerprint density at radius 3 is 3.05 bits per heavy atom. The molecule has 21 heavy (non-hydrogen) atoms. The lowest BCUT2D eigenvalue weighted by Gasteiger charge is -2.32. The van der Waals surface area contributed by atoms with E-state index in [0.29, 0.717) is 31.5 Å². The summed E-state index contributed by atoms with van der Waals surface area (Å²) in [4.78, 5) is 14.4. The first-order valence-corrected chi connectivity index (χ1v) is 7.82. The quantitative estimate of drug-likeness (QED) is 0.869. The Hall–Kier alpha value is -1.73. The summed E-state index contributed by atoms with van der Waals surface area (Å²) in [7, 11) is 0. The van der Waals surface area contributed by atoms with Crippen LogP contribution in [-0.4, -0.2) is 40.7 Å². The maximum Gasteiger partial charge on any atom is 0.246 e. The summed E-state index contributed by atoms with van der Waals surface area (Å²) in [6.45, 7) is 5.20. The van der Waals surface area contributed by atoms with Crippen molar-refractivity contribution in [3.05, 3.63) is 34.2 Å². The number of rotatable bonds is 3. The van der Waals surface area contributed by atoms with Crippen molar-refractivity contribution < 1.29 is 13.9 Å². The van der Waals surface area contributed by atoms with Crippen molar-refractivity contribution in [2.45, 2.75) is 25.9 Å². The van der Waals surface area contributed by atoms with Gasteiger partial charge in [0.25, 0.3) is 0 Å². The highest BCUT2D eigenvalue weighted by molar-refractivity contribution is 7.08. The maximum absolute atomic E-state index is 12.6. The highest BCUT2D eigenvalue weighted by atomic mass is 32.1. The fraction of sp³-hybridized carbons (Fsp3) is 0.500. The van der Waals surface area contributed by atoms with Crippen molar-refractivity contribution in [1.29, 1.82) is 0 Å². The Morgan fingerprint density at radius 1 is 1.52 bits per heavy atom. The lowest BCUT2D eigenvalue weighted by molar-refractivity contribution is -0.141. The first-order valence-electron chi connectivity index (χ1n) is 6.87. The number of aromatic nitrogens is 2. The van der Waals surface area contributed by atoms with Crippen molar-refractivity contribution in [1.82, 2.24) is 15.1 Å². The van der Waals surface area contributed by atoms with Crippen molar-refractivity contribution in [3.63, 3.8) is 0 Å². The molecule has 0 unspecified atom stereocenters. The predicted molar refractivity (Wildman–Crippen MR) is 77.0 cm³/mol. The summed E-state index contributed by atoms with van der Waals surface area (Å²) < 4.78 is 11.0. The van der Waals surface area contributed by atoms with Gasteiger partial charge in [-0.15, -0.1) is 10.2 Å². The van der Waals surface area contributed by atoms with E-state index in [1.807, 2.05) is 28.7 Å². The summed E-state index contributed by atoms with van der Waals surface area (Å²) in [6, 6.07) is 1.99. The normalized spacial score (nSPS) is 20.5. The molecular weight excluding hydrogens is 290 g/mol. The molecular formula is C14H17N3O3S. The van der Waals surface area contributed by atoms with Gasteiger partial charge in [0.2, 0.25) is 17.7 Å². The lowest BCUT2D eigenvalue weighted by atomic mass is 10.0. The standard InChI is InChI=1S/C14H17N3O3S/c1-9(11-3-6-21-8-11)14(18)17-4-5-19-12(7-17)13-16-15-10(2)20-13/h3,6,8-9,12H,4-5,7H2,1-2H3/t9-,12+/m1/s1. The maximum atomic E-state index is 12.6. The molecule has 3 heterocycles. The van der Waals surface area contributed by atoms with Crippen LogP contribution in [0.25, 0.3) is 0 Å². The number of hydrogen-bond acceptors (Lipinski definition) is 6. The minimum Gasteiger partial charge on any atom is -0.423 e. The average molecular weight is 307 g/mol. The number of morpholine rings is 1. The van der Waals surface area contributed by atoms with Crippen LogP contribution in [0.5, 0.6) is 0 Å². The number of amides is 1. The van der Waals surface area contributed by atoms with Crippen LogP contribution in [0.15, 0.2) is 21.2 Å². The van der Waals surface area contributed by atoms with Gasteiger partial charge in [0, 0.05) is 13.5 Å². The van der Waals surface area contributed by atoms with Gasteiger partial charge in [-0.05, 0) is 29.3 Å². The molecule has 6 nitrogen and oxygen atoms in total. The molecule has 2 atom stereocenters. The minimum absolute atomic E-state index is 0.109. The Balaban J connectivity index is 1.69. The van der Waals surface area contributed by atoms with E-state index in [0.717, 1.165) is 5.56 Å². The zero-order valence-corrected chi connectivity index (χ0v) is 12.8. The Labute approximate surface area is 126 Å². The molecule has 0 radical (unpaired) electrons. The number of hydrogen-bond donors (Lipinski definition) is 0. The summed E-state index contributed by atoms with van der Waals surface area (Å²) in [5.74, 6) is 0.911. The number of thiophene rings is 1. The van der Waals surface area contributed by atoms with Gasteiger partial charge in [-0.2, -0.15) is 11.3 Å². The number of carbonyl (C=O) groups excluding carboxylic acids is 1. The molecule has 1 amide bonds. The smallest absolute Gasteiger partial charge is 0.246 e. The van der Waals surface area contributed by atoms with Crippen molar-refractivity contribution in [3.8, 4) is 0 Å². The van der Waals surface area contributed by atoms with Gasteiger partial charge < -0.3 is 14.1 Å². The van der Waals surface area contributed by atoms with Crippen LogP contribution < -0.4 is 0 Å². The summed E-state index contributed by atoms with van der Waals surface area (Å²) >= 11 is 1.60. The van der Waals surface area contributed by atoms with Crippen molar-refractivity contribution in [2.24, 2.45) is 0 Å². The highest BCUT2D eigenvalue weighted by Gasteiger charge is 2.31. The molecule has 112 valence electrons. The lowest BCUT2D eigenvalue weighted by Crippen LogP contribution is -2.44. The first kappa shape index (κ1) is 14.2. The molecule has 3 rings (SSSR count). The second kappa shape index (κ2) is 5.95. The van der Waals surface area contributed by atoms with E-state index < -0.39 is 0 Å². The Bertz CT molecular complexity index is 611. The highest BCUT2D eigenvalue weighted by Crippen LogP contribution is 2.25. The van der Waals surface area contributed by atoms with Gasteiger partial charge in [0.1, 0.15) is 0 Å². The third kappa shape index (κ3) is 2.98.